The maximum Gasteiger partial charge on any atom is 0.159 e. The van der Waals surface area contributed by atoms with E-state index >= 15 is 0 Å². The fourth-order valence-electron chi connectivity index (χ4n) is 1.58. The summed E-state index contributed by atoms with van der Waals surface area (Å²) in [6.07, 6.45) is 2.58. The minimum absolute atomic E-state index is 0.367. The molecule has 17 heavy (non-hydrogen) atoms. The Morgan fingerprint density at radius 3 is 2.76 bits per heavy atom. The lowest BCUT2D eigenvalue weighted by atomic mass is 10.1. The smallest absolute Gasteiger partial charge is 0.159 e. The van der Waals surface area contributed by atoms with Crippen LogP contribution in [0.25, 0.3) is 11.4 Å². The van der Waals surface area contributed by atoms with E-state index in [1.165, 1.54) is 0 Å². The lowest BCUT2D eigenvalue weighted by Gasteiger charge is -2.06. The van der Waals surface area contributed by atoms with Gasteiger partial charge in [0.15, 0.2) is 5.82 Å². The Morgan fingerprint density at radius 1 is 1.24 bits per heavy atom. The van der Waals surface area contributed by atoms with Crippen molar-refractivity contribution in [3.8, 4) is 11.4 Å². The average molecular weight is 226 g/mol. The van der Waals surface area contributed by atoms with Crippen LogP contribution in [0.4, 0.5) is 0 Å². The molecule has 0 radical (unpaired) electrons. The van der Waals surface area contributed by atoms with Crippen molar-refractivity contribution in [2.45, 2.75) is 19.8 Å². The van der Waals surface area contributed by atoms with Crippen LogP contribution in [-0.4, -0.2) is 16.3 Å². The lowest BCUT2D eigenvalue weighted by molar-refractivity contribution is 0.112. The normalized spacial score (nSPS) is 10.5. The molecule has 0 unspecified atom stereocenters. The summed E-state index contributed by atoms with van der Waals surface area (Å²) < 4.78 is 0. The molecule has 0 N–H and O–H groups in total. The minimum Gasteiger partial charge on any atom is -0.298 e. The first-order valence-corrected chi connectivity index (χ1v) is 5.59. The Labute approximate surface area is 101 Å². The van der Waals surface area contributed by atoms with Crippen LogP contribution in [0.5, 0.6) is 0 Å². The zero-order valence-corrected chi connectivity index (χ0v) is 9.92. The van der Waals surface area contributed by atoms with Crippen LogP contribution < -0.4 is 0 Å². The van der Waals surface area contributed by atoms with Gasteiger partial charge < -0.3 is 0 Å². The molecule has 0 amide bonds. The first kappa shape index (κ1) is 11.5. The molecule has 0 aliphatic carbocycles. The predicted octanol–water partition coefficient (Wildman–Crippen LogP) is 3.08. The molecular weight excluding hydrogens is 212 g/mol. The van der Waals surface area contributed by atoms with E-state index in [0.29, 0.717) is 17.3 Å². The Bertz CT molecular complexity index is 535. The van der Waals surface area contributed by atoms with Crippen molar-refractivity contribution in [3.05, 3.63) is 47.8 Å². The van der Waals surface area contributed by atoms with Gasteiger partial charge in [-0.1, -0.05) is 32.0 Å². The Hall–Kier alpha value is -2.03. The summed E-state index contributed by atoms with van der Waals surface area (Å²) in [4.78, 5) is 19.5. The molecule has 2 aromatic rings. The quantitative estimate of drug-likeness (QED) is 0.755. The van der Waals surface area contributed by atoms with Crippen LogP contribution in [0, 0.1) is 0 Å². The second-order valence-electron chi connectivity index (χ2n) is 4.20. The third kappa shape index (κ3) is 2.56. The molecule has 1 aromatic heterocycles. The molecule has 1 aromatic carbocycles. The van der Waals surface area contributed by atoms with E-state index in [0.717, 1.165) is 17.5 Å². The molecule has 3 heteroatoms. The molecule has 0 spiro atoms. The van der Waals surface area contributed by atoms with Gasteiger partial charge in [0.25, 0.3) is 0 Å². The maximum absolute atomic E-state index is 10.7. The lowest BCUT2D eigenvalue weighted by Crippen LogP contribution is -1.97. The Kier molecular flexibility index (Phi) is 3.28. The van der Waals surface area contributed by atoms with Gasteiger partial charge in [-0.2, -0.15) is 0 Å². The van der Waals surface area contributed by atoms with Crippen molar-refractivity contribution in [3.63, 3.8) is 0 Å². The molecule has 0 saturated carbocycles. The van der Waals surface area contributed by atoms with E-state index < -0.39 is 0 Å². The summed E-state index contributed by atoms with van der Waals surface area (Å²) >= 11 is 0. The number of carbonyl (C=O) groups excluding carboxylic acids is 1. The van der Waals surface area contributed by atoms with Crippen molar-refractivity contribution < 1.29 is 4.79 Å². The molecule has 0 fully saturated rings. The van der Waals surface area contributed by atoms with Gasteiger partial charge in [0.05, 0.1) is 0 Å². The van der Waals surface area contributed by atoms with Gasteiger partial charge in [-0.3, -0.25) is 4.79 Å². The summed E-state index contributed by atoms with van der Waals surface area (Å²) in [6.45, 7) is 4.18. The number of hydrogen-bond donors (Lipinski definition) is 0. The fourth-order valence-corrected chi connectivity index (χ4v) is 1.58. The number of rotatable bonds is 3. The number of carbonyl (C=O) groups is 1. The van der Waals surface area contributed by atoms with Crippen LogP contribution in [0.2, 0.25) is 0 Å². The van der Waals surface area contributed by atoms with Gasteiger partial charge in [0.1, 0.15) is 6.29 Å². The minimum atomic E-state index is 0.367. The van der Waals surface area contributed by atoms with Gasteiger partial charge in [0, 0.05) is 23.0 Å². The van der Waals surface area contributed by atoms with E-state index in [-0.39, 0.29) is 0 Å². The molecule has 0 aliphatic heterocycles. The molecule has 0 bridgehead atoms. The van der Waals surface area contributed by atoms with Crippen molar-refractivity contribution in [1.82, 2.24) is 9.97 Å². The topological polar surface area (TPSA) is 42.9 Å². The van der Waals surface area contributed by atoms with E-state index in [1.54, 1.807) is 18.3 Å². The highest BCUT2D eigenvalue weighted by Gasteiger charge is 2.05. The second kappa shape index (κ2) is 4.87. The number of hydrogen-bond acceptors (Lipinski definition) is 3. The van der Waals surface area contributed by atoms with Gasteiger partial charge in [-0.15, -0.1) is 0 Å². The van der Waals surface area contributed by atoms with Crippen molar-refractivity contribution in [1.29, 1.82) is 0 Å². The standard InChI is InChI=1S/C14H14N2O/c1-10(2)13-6-7-15-14(16-13)12-5-3-4-11(8-12)9-17/h3-10H,1-2H3. The third-order valence-corrected chi connectivity index (χ3v) is 2.55. The molecule has 0 saturated heterocycles. The highest BCUT2D eigenvalue weighted by molar-refractivity contribution is 5.77. The zero-order valence-electron chi connectivity index (χ0n) is 9.92. The van der Waals surface area contributed by atoms with Gasteiger partial charge in [0.2, 0.25) is 0 Å². The average Bonchev–Trinajstić information content (AvgIpc) is 2.39. The SMILES string of the molecule is CC(C)c1ccnc(-c2cccc(C=O)c2)n1. The van der Waals surface area contributed by atoms with Crippen LogP contribution >= 0.6 is 0 Å². The first-order chi connectivity index (χ1) is 8.20. The van der Waals surface area contributed by atoms with Gasteiger partial charge >= 0.3 is 0 Å². The summed E-state index contributed by atoms with van der Waals surface area (Å²) in [5.41, 5.74) is 2.52. The second-order valence-corrected chi connectivity index (χ2v) is 4.20. The number of benzene rings is 1. The summed E-state index contributed by atoms with van der Waals surface area (Å²) in [5, 5.41) is 0. The van der Waals surface area contributed by atoms with E-state index in [9.17, 15) is 4.79 Å². The van der Waals surface area contributed by atoms with E-state index in [2.05, 4.69) is 23.8 Å². The number of aldehydes is 1. The van der Waals surface area contributed by atoms with Gasteiger partial charge in [-0.05, 0) is 18.1 Å². The predicted molar refractivity (Wildman–Crippen MR) is 66.9 cm³/mol. The third-order valence-electron chi connectivity index (χ3n) is 2.55. The zero-order chi connectivity index (χ0) is 12.3. The fraction of sp³-hybridized carbons (Fsp3) is 0.214. The molecule has 86 valence electrons. The van der Waals surface area contributed by atoms with Crippen LogP contribution in [0.1, 0.15) is 35.8 Å². The summed E-state index contributed by atoms with van der Waals surface area (Å²) in [5.74, 6) is 1.03. The summed E-state index contributed by atoms with van der Waals surface area (Å²) in [7, 11) is 0. The highest BCUT2D eigenvalue weighted by Crippen LogP contribution is 2.18. The van der Waals surface area contributed by atoms with Crippen molar-refractivity contribution in [2.75, 3.05) is 0 Å². The van der Waals surface area contributed by atoms with Crippen molar-refractivity contribution in [2.24, 2.45) is 0 Å². The molecule has 0 atom stereocenters. The molecular formula is C14H14N2O. The van der Waals surface area contributed by atoms with Crippen LogP contribution in [0.15, 0.2) is 36.5 Å². The highest BCUT2D eigenvalue weighted by atomic mass is 16.1. The molecule has 2 rings (SSSR count). The van der Waals surface area contributed by atoms with Crippen LogP contribution in [-0.2, 0) is 0 Å². The van der Waals surface area contributed by atoms with E-state index in [4.69, 9.17) is 0 Å². The maximum atomic E-state index is 10.7. The summed E-state index contributed by atoms with van der Waals surface area (Å²) in [6, 6.07) is 9.23. The molecule has 1 heterocycles. The number of aromatic nitrogens is 2. The van der Waals surface area contributed by atoms with Crippen molar-refractivity contribution >= 4 is 6.29 Å². The van der Waals surface area contributed by atoms with E-state index in [1.807, 2.05) is 18.2 Å². The monoisotopic (exact) mass is 226 g/mol. The molecule has 0 aliphatic rings. The Morgan fingerprint density at radius 2 is 2.06 bits per heavy atom. The number of nitrogens with zero attached hydrogens (tertiary/aromatic N) is 2. The Balaban J connectivity index is 2.45. The molecule has 3 nitrogen and oxygen atoms in total. The first-order valence-electron chi connectivity index (χ1n) is 5.59. The largest absolute Gasteiger partial charge is 0.298 e. The van der Waals surface area contributed by atoms with Gasteiger partial charge in [-0.25, -0.2) is 9.97 Å². The van der Waals surface area contributed by atoms with Crippen LogP contribution in [0.3, 0.4) is 0 Å².